The van der Waals surface area contributed by atoms with Crippen LogP contribution in [0, 0.1) is 0 Å². The Labute approximate surface area is 124 Å². The lowest BCUT2D eigenvalue weighted by Crippen LogP contribution is -2.11. The molecule has 0 unspecified atom stereocenters. The van der Waals surface area contributed by atoms with Crippen molar-refractivity contribution in [2.45, 2.75) is 24.1 Å². The SMILES string of the molecule is CCNCc1ccc(CS(=O)(=O)c2ccccc2OC)o1. The maximum Gasteiger partial charge on any atom is 0.189 e. The van der Waals surface area contributed by atoms with Crippen LogP contribution in [-0.4, -0.2) is 22.1 Å². The summed E-state index contributed by atoms with van der Waals surface area (Å²) in [6, 6.07) is 10.1. The molecule has 2 rings (SSSR count). The zero-order valence-corrected chi connectivity index (χ0v) is 12.9. The predicted molar refractivity (Wildman–Crippen MR) is 80.0 cm³/mol. The monoisotopic (exact) mass is 309 g/mol. The van der Waals surface area contributed by atoms with Gasteiger partial charge in [-0.05, 0) is 30.8 Å². The Balaban J connectivity index is 2.19. The summed E-state index contributed by atoms with van der Waals surface area (Å²) in [7, 11) is -2.05. The number of methoxy groups -OCH3 is 1. The van der Waals surface area contributed by atoms with Crippen LogP contribution >= 0.6 is 0 Å². The second-order valence-corrected chi connectivity index (χ2v) is 6.52. The molecular formula is C15H19NO4S. The Morgan fingerprint density at radius 3 is 2.57 bits per heavy atom. The first kappa shape index (κ1) is 15.6. The first-order chi connectivity index (χ1) is 10.1. The van der Waals surface area contributed by atoms with Crippen molar-refractivity contribution in [1.29, 1.82) is 0 Å². The fourth-order valence-electron chi connectivity index (χ4n) is 1.98. The van der Waals surface area contributed by atoms with Crippen LogP contribution in [0.25, 0.3) is 0 Å². The van der Waals surface area contributed by atoms with Crippen molar-refractivity contribution in [3.8, 4) is 5.75 Å². The molecule has 1 N–H and O–H groups in total. The second-order valence-electron chi connectivity index (χ2n) is 4.56. The summed E-state index contributed by atoms with van der Waals surface area (Å²) in [5.74, 6) is 1.31. The van der Waals surface area contributed by atoms with Crippen molar-refractivity contribution in [3.63, 3.8) is 0 Å². The standard InChI is InChI=1S/C15H19NO4S/c1-3-16-10-12-8-9-13(20-12)11-21(17,18)15-7-5-4-6-14(15)19-2/h4-9,16H,3,10-11H2,1-2H3. The van der Waals surface area contributed by atoms with E-state index in [1.807, 2.05) is 6.92 Å². The van der Waals surface area contributed by atoms with Crippen LogP contribution in [0.3, 0.4) is 0 Å². The molecule has 0 aliphatic heterocycles. The minimum absolute atomic E-state index is 0.178. The quantitative estimate of drug-likeness (QED) is 0.850. The first-order valence-corrected chi connectivity index (χ1v) is 8.36. The summed E-state index contributed by atoms with van der Waals surface area (Å²) in [5.41, 5.74) is 0. The summed E-state index contributed by atoms with van der Waals surface area (Å²) >= 11 is 0. The minimum Gasteiger partial charge on any atom is -0.495 e. The van der Waals surface area contributed by atoms with Crippen LogP contribution in [0.1, 0.15) is 18.4 Å². The number of rotatable bonds is 7. The van der Waals surface area contributed by atoms with Crippen LogP contribution in [0.5, 0.6) is 5.75 Å². The summed E-state index contributed by atoms with van der Waals surface area (Å²) < 4.78 is 35.5. The van der Waals surface area contributed by atoms with E-state index in [-0.39, 0.29) is 10.6 Å². The molecule has 6 heteroatoms. The highest BCUT2D eigenvalue weighted by atomic mass is 32.2. The van der Waals surface area contributed by atoms with E-state index < -0.39 is 9.84 Å². The zero-order chi connectivity index (χ0) is 15.3. The van der Waals surface area contributed by atoms with Crippen molar-refractivity contribution in [3.05, 3.63) is 47.9 Å². The Bertz CT molecular complexity index is 691. The van der Waals surface area contributed by atoms with E-state index in [2.05, 4.69) is 5.32 Å². The van der Waals surface area contributed by atoms with Crippen LogP contribution in [-0.2, 0) is 22.1 Å². The topological polar surface area (TPSA) is 68.5 Å². The number of ether oxygens (including phenoxy) is 1. The van der Waals surface area contributed by atoms with Gasteiger partial charge in [-0.15, -0.1) is 0 Å². The highest BCUT2D eigenvalue weighted by molar-refractivity contribution is 7.90. The molecule has 0 saturated heterocycles. The average molecular weight is 309 g/mol. The Morgan fingerprint density at radius 2 is 1.86 bits per heavy atom. The van der Waals surface area contributed by atoms with Crippen molar-refractivity contribution in [1.82, 2.24) is 5.32 Å². The van der Waals surface area contributed by atoms with Gasteiger partial charge in [-0.3, -0.25) is 0 Å². The van der Waals surface area contributed by atoms with Gasteiger partial charge in [0.25, 0.3) is 0 Å². The molecule has 0 atom stereocenters. The zero-order valence-electron chi connectivity index (χ0n) is 12.1. The van der Waals surface area contributed by atoms with E-state index >= 15 is 0 Å². The number of para-hydroxylation sites is 1. The van der Waals surface area contributed by atoms with Crippen LogP contribution in [0.2, 0.25) is 0 Å². The third-order valence-corrected chi connectivity index (χ3v) is 4.67. The lowest BCUT2D eigenvalue weighted by Gasteiger charge is -2.08. The number of sulfone groups is 1. The molecule has 1 aromatic carbocycles. The largest absolute Gasteiger partial charge is 0.495 e. The summed E-state index contributed by atoms with van der Waals surface area (Å²) in [6.07, 6.45) is 0. The molecule has 114 valence electrons. The van der Waals surface area contributed by atoms with E-state index in [0.717, 1.165) is 12.3 Å². The van der Waals surface area contributed by atoms with Gasteiger partial charge < -0.3 is 14.5 Å². The van der Waals surface area contributed by atoms with Gasteiger partial charge in [-0.1, -0.05) is 19.1 Å². The Kier molecular flexibility index (Phi) is 5.03. The fourth-order valence-corrected chi connectivity index (χ4v) is 3.41. The summed E-state index contributed by atoms with van der Waals surface area (Å²) in [5, 5.41) is 3.13. The van der Waals surface area contributed by atoms with Gasteiger partial charge in [-0.25, -0.2) is 8.42 Å². The van der Waals surface area contributed by atoms with Crippen molar-refractivity contribution < 1.29 is 17.6 Å². The highest BCUT2D eigenvalue weighted by Crippen LogP contribution is 2.26. The van der Waals surface area contributed by atoms with E-state index in [4.69, 9.17) is 9.15 Å². The first-order valence-electron chi connectivity index (χ1n) is 6.71. The van der Waals surface area contributed by atoms with Gasteiger partial charge in [0.1, 0.15) is 27.9 Å². The lowest BCUT2D eigenvalue weighted by molar-refractivity contribution is 0.402. The maximum atomic E-state index is 12.4. The fraction of sp³-hybridized carbons (Fsp3) is 0.333. The molecule has 0 bridgehead atoms. The van der Waals surface area contributed by atoms with Crippen LogP contribution in [0.15, 0.2) is 45.7 Å². The second kappa shape index (κ2) is 6.78. The Hall–Kier alpha value is -1.79. The molecule has 0 amide bonds. The van der Waals surface area contributed by atoms with Crippen LogP contribution in [0.4, 0.5) is 0 Å². The average Bonchev–Trinajstić information content (AvgIpc) is 2.91. The molecule has 0 radical (unpaired) electrons. The van der Waals surface area contributed by atoms with E-state index in [9.17, 15) is 8.42 Å². The lowest BCUT2D eigenvalue weighted by atomic mass is 10.3. The minimum atomic E-state index is -3.50. The van der Waals surface area contributed by atoms with E-state index in [1.54, 1.807) is 30.3 Å². The smallest absolute Gasteiger partial charge is 0.189 e. The van der Waals surface area contributed by atoms with Crippen molar-refractivity contribution in [2.75, 3.05) is 13.7 Å². The number of nitrogens with one attached hydrogen (secondary N) is 1. The Morgan fingerprint density at radius 1 is 1.14 bits per heavy atom. The predicted octanol–water partition coefficient (Wildman–Crippen LogP) is 2.37. The van der Waals surface area contributed by atoms with Crippen molar-refractivity contribution >= 4 is 9.84 Å². The molecule has 0 aliphatic carbocycles. The van der Waals surface area contributed by atoms with Gasteiger partial charge in [0.15, 0.2) is 9.84 Å². The molecule has 2 aromatic rings. The van der Waals surface area contributed by atoms with Gasteiger partial charge in [-0.2, -0.15) is 0 Å². The number of benzene rings is 1. The molecule has 21 heavy (non-hydrogen) atoms. The molecule has 5 nitrogen and oxygen atoms in total. The summed E-state index contributed by atoms with van der Waals surface area (Å²) in [6.45, 7) is 3.41. The molecule has 0 spiro atoms. The third kappa shape index (κ3) is 3.86. The van der Waals surface area contributed by atoms with Gasteiger partial charge in [0, 0.05) is 0 Å². The summed E-state index contributed by atoms with van der Waals surface area (Å²) in [4.78, 5) is 0.178. The highest BCUT2D eigenvalue weighted by Gasteiger charge is 2.21. The number of hydrogen-bond acceptors (Lipinski definition) is 5. The normalized spacial score (nSPS) is 11.5. The van der Waals surface area contributed by atoms with Crippen molar-refractivity contribution in [2.24, 2.45) is 0 Å². The molecule has 1 heterocycles. The number of hydrogen-bond donors (Lipinski definition) is 1. The van der Waals surface area contributed by atoms with E-state index in [1.165, 1.54) is 13.2 Å². The van der Waals surface area contributed by atoms with Gasteiger partial charge >= 0.3 is 0 Å². The molecule has 0 fully saturated rings. The molecule has 0 aliphatic rings. The van der Waals surface area contributed by atoms with Crippen LogP contribution < -0.4 is 10.1 Å². The molecular weight excluding hydrogens is 290 g/mol. The molecule has 0 saturated carbocycles. The van der Waals surface area contributed by atoms with Gasteiger partial charge in [0.2, 0.25) is 0 Å². The third-order valence-electron chi connectivity index (χ3n) is 3.00. The molecule has 1 aromatic heterocycles. The number of furan rings is 1. The maximum absolute atomic E-state index is 12.4. The van der Waals surface area contributed by atoms with Gasteiger partial charge in [0.05, 0.1) is 13.7 Å². The van der Waals surface area contributed by atoms with E-state index in [0.29, 0.717) is 18.1 Å².